The number of alkyl halides is 4. The van der Waals surface area contributed by atoms with Crippen molar-refractivity contribution < 1.29 is 36.6 Å². The van der Waals surface area contributed by atoms with Gasteiger partial charge in [0.15, 0.2) is 0 Å². The van der Waals surface area contributed by atoms with Crippen molar-refractivity contribution in [1.82, 2.24) is 4.90 Å². The molecule has 1 saturated heterocycles. The third-order valence-electron chi connectivity index (χ3n) is 11.4. The Morgan fingerprint density at radius 2 is 1.60 bits per heavy atom. The first-order chi connectivity index (χ1) is 19.6. The van der Waals surface area contributed by atoms with Crippen molar-refractivity contribution in [2.24, 2.45) is 10.8 Å². The quantitative estimate of drug-likeness (QED) is 0.372. The Hall–Kier alpha value is -2.97. The zero-order valence-electron chi connectivity index (χ0n) is 23.9. The minimum absolute atomic E-state index is 0.0526. The number of carbonyl (C=O) groups is 2. The first kappa shape index (κ1) is 29.1. The van der Waals surface area contributed by atoms with Gasteiger partial charge < -0.3 is 10.0 Å². The maximum absolute atomic E-state index is 15.0. The summed E-state index contributed by atoms with van der Waals surface area (Å²) in [5.74, 6) is -1.06. The van der Waals surface area contributed by atoms with Gasteiger partial charge in [0, 0.05) is 23.4 Å². The Bertz CT molecular complexity index is 1430. The Morgan fingerprint density at radius 1 is 0.952 bits per heavy atom. The first-order valence-electron chi connectivity index (χ1n) is 14.8. The van der Waals surface area contributed by atoms with Crippen LogP contribution in [0.1, 0.15) is 86.1 Å². The molecule has 2 aromatic carbocycles. The fourth-order valence-electron chi connectivity index (χ4n) is 8.58. The molecule has 4 aliphatic carbocycles. The number of hydrogen-bond donors (Lipinski definition) is 1. The number of benzene rings is 2. The molecule has 4 fully saturated rings. The van der Waals surface area contributed by atoms with Gasteiger partial charge in [0.05, 0.1) is 5.41 Å². The molecule has 1 heterocycles. The van der Waals surface area contributed by atoms with Crippen LogP contribution >= 0.6 is 0 Å². The summed E-state index contributed by atoms with van der Waals surface area (Å²) in [6.07, 6.45) is -0.0108. The molecule has 2 aromatic rings. The average molecular weight is 590 g/mol. The molecule has 9 heteroatoms. The topological polar surface area (TPSA) is 57.6 Å². The summed E-state index contributed by atoms with van der Waals surface area (Å²) in [6.45, 7) is 2.70. The van der Waals surface area contributed by atoms with Gasteiger partial charge in [-0.25, -0.2) is 8.78 Å². The number of fused-ring (bicyclic) bond motifs is 6. The maximum atomic E-state index is 15.0. The molecule has 226 valence electrons. The number of aliphatic carboxylic acids is 1. The number of rotatable bonds is 5. The van der Waals surface area contributed by atoms with Crippen LogP contribution in [-0.2, 0) is 33.5 Å². The molecule has 3 unspecified atom stereocenters. The van der Waals surface area contributed by atoms with Gasteiger partial charge in [0.25, 0.3) is 0 Å². The summed E-state index contributed by atoms with van der Waals surface area (Å²) < 4.78 is 69.9. The van der Waals surface area contributed by atoms with Crippen LogP contribution in [0.15, 0.2) is 36.4 Å². The number of carboxylic acid groups (broad SMARTS) is 1. The second-order valence-electron chi connectivity index (χ2n) is 13.5. The lowest BCUT2D eigenvalue weighted by Gasteiger charge is -2.52. The molecule has 1 amide bonds. The second-order valence-corrected chi connectivity index (χ2v) is 13.5. The molecular formula is C33H36F5NO3. The van der Waals surface area contributed by atoms with Crippen LogP contribution in [0.4, 0.5) is 22.0 Å². The van der Waals surface area contributed by atoms with E-state index >= 15 is 0 Å². The zero-order valence-corrected chi connectivity index (χ0v) is 23.9. The molecule has 0 aromatic heterocycles. The summed E-state index contributed by atoms with van der Waals surface area (Å²) in [5, 5.41) is 9.82. The van der Waals surface area contributed by atoms with Crippen molar-refractivity contribution in [1.29, 1.82) is 0 Å². The molecule has 3 atom stereocenters. The van der Waals surface area contributed by atoms with Crippen LogP contribution in [0.3, 0.4) is 0 Å². The lowest BCUT2D eigenvalue weighted by atomic mass is 9.53. The highest BCUT2D eigenvalue weighted by Gasteiger charge is 2.60. The fourth-order valence-corrected chi connectivity index (χ4v) is 8.58. The largest absolute Gasteiger partial charge is 0.481 e. The molecule has 1 aliphatic heterocycles. The van der Waals surface area contributed by atoms with Crippen LogP contribution in [0.5, 0.6) is 0 Å². The summed E-state index contributed by atoms with van der Waals surface area (Å²) in [4.78, 5) is 28.3. The highest BCUT2D eigenvalue weighted by molar-refractivity contribution is 5.86. The van der Waals surface area contributed by atoms with Crippen LogP contribution in [0.25, 0.3) is 0 Å². The van der Waals surface area contributed by atoms with Crippen molar-refractivity contribution in [3.05, 3.63) is 70.0 Å². The lowest BCUT2D eigenvalue weighted by molar-refractivity contribution is -0.228. The third-order valence-corrected chi connectivity index (χ3v) is 11.4. The van der Waals surface area contributed by atoms with E-state index in [9.17, 15) is 36.6 Å². The van der Waals surface area contributed by atoms with Gasteiger partial charge in [-0.05, 0) is 112 Å². The number of aryl methyl sites for hydroxylation is 2. The van der Waals surface area contributed by atoms with E-state index in [0.29, 0.717) is 88.8 Å². The summed E-state index contributed by atoms with van der Waals surface area (Å²) in [7, 11) is 0. The Balaban J connectivity index is 1.38. The van der Waals surface area contributed by atoms with Crippen molar-refractivity contribution in [3.63, 3.8) is 0 Å². The fraction of sp³-hybridized carbons (Fsp3) is 0.576. The van der Waals surface area contributed by atoms with Gasteiger partial charge in [-0.1, -0.05) is 30.3 Å². The molecule has 5 aliphatic rings. The smallest absolute Gasteiger partial charge is 0.426 e. The van der Waals surface area contributed by atoms with Crippen LogP contribution in [0, 0.1) is 23.6 Å². The highest BCUT2D eigenvalue weighted by atomic mass is 19.4. The van der Waals surface area contributed by atoms with Crippen LogP contribution in [0.2, 0.25) is 0 Å². The van der Waals surface area contributed by atoms with E-state index in [0.717, 1.165) is 11.1 Å². The molecule has 2 bridgehead atoms. The van der Waals surface area contributed by atoms with E-state index in [1.54, 1.807) is 25.1 Å². The van der Waals surface area contributed by atoms with Gasteiger partial charge in [-0.2, -0.15) is 13.2 Å². The van der Waals surface area contributed by atoms with Crippen molar-refractivity contribution in [3.8, 4) is 0 Å². The Kier molecular flexibility index (Phi) is 6.60. The number of likely N-dealkylation sites (tertiary alicyclic amines) is 1. The van der Waals surface area contributed by atoms with Crippen LogP contribution < -0.4 is 0 Å². The maximum Gasteiger partial charge on any atom is 0.426 e. The third kappa shape index (κ3) is 4.20. The van der Waals surface area contributed by atoms with E-state index in [-0.39, 0.29) is 17.8 Å². The van der Waals surface area contributed by atoms with E-state index in [2.05, 4.69) is 0 Å². The molecule has 42 heavy (non-hydrogen) atoms. The van der Waals surface area contributed by atoms with Gasteiger partial charge in [0.1, 0.15) is 5.82 Å². The predicted octanol–water partition coefficient (Wildman–Crippen LogP) is 7.33. The number of hydrogen-bond acceptors (Lipinski definition) is 2. The number of amides is 1. The number of carbonyl (C=O) groups excluding carboxylic acids is 1. The minimum Gasteiger partial charge on any atom is -0.481 e. The summed E-state index contributed by atoms with van der Waals surface area (Å²) in [6, 6.07) is 8.87. The Labute approximate surface area is 242 Å². The van der Waals surface area contributed by atoms with Crippen molar-refractivity contribution in [2.75, 3.05) is 6.54 Å². The lowest BCUT2D eigenvalue weighted by Crippen LogP contribution is -2.56. The van der Waals surface area contributed by atoms with Crippen molar-refractivity contribution in [2.45, 2.75) is 101 Å². The molecule has 4 nitrogen and oxygen atoms in total. The van der Waals surface area contributed by atoms with Crippen molar-refractivity contribution >= 4 is 11.9 Å². The number of carboxylic acids is 1. The van der Waals surface area contributed by atoms with Gasteiger partial charge >= 0.3 is 12.1 Å². The molecule has 3 saturated carbocycles. The average Bonchev–Trinajstić information content (AvgIpc) is 3.33. The standard InChI is InChI=1S/C33H36F5NO3/c1-20-17-21(3-7-25(20)34)19-32-15-16-39(27(40)30-9-12-31(13-10-30,14-11-30)28(41)42)26(32)8-4-22-18-23(5-6-24(22)32)29(2,35)33(36,37)38/h3,5-7,17-18,26H,4,8-16,19H2,1-2H3,(H,41,42). The first-order valence-corrected chi connectivity index (χ1v) is 14.8. The Morgan fingerprint density at radius 3 is 2.19 bits per heavy atom. The van der Waals surface area contributed by atoms with E-state index in [4.69, 9.17) is 0 Å². The highest BCUT2D eigenvalue weighted by Crippen LogP contribution is 2.59. The SMILES string of the molecule is Cc1cc(CC23CCN(C(=O)C45CCC(C(=O)O)(CC4)CC5)C2CCc2cc(C(C)(F)C(F)(F)F)ccc23)ccc1F. The zero-order chi connectivity index (χ0) is 30.3. The number of halogens is 5. The molecule has 0 spiro atoms. The summed E-state index contributed by atoms with van der Waals surface area (Å²) >= 11 is 0. The monoisotopic (exact) mass is 589 g/mol. The molecular weight excluding hydrogens is 553 g/mol. The van der Waals surface area contributed by atoms with E-state index in [1.807, 2.05) is 4.90 Å². The van der Waals surface area contributed by atoms with Gasteiger partial charge in [-0.3, -0.25) is 9.59 Å². The van der Waals surface area contributed by atoms with Gasteiger partial charge in [-0.15, -0.1) is 0 Å². The normalized spacial score (nSPS) is 31.8. The minimum atomic E-state index is -5.06. The van der Waals surface area contributed by atoms with E-state index in [1.165, 1.54) is 18.2 Å². The van der Waals surface area contributed by atoms with E-state index < -0.39 is 39.6 Å². The summed E-state index contributed by atoms with van der Waals surface area (Å²) in [5.41, 5.74) is -3.04. The second kappa shape index (κ2) is 9.52. The number of nitrogens with zero attached hydrogens (tertiary/aromatic N) is 1. The van der Waals surface area contributed by atoms with Gasteiger partial charge in [0.2, 0.25) is 11.6 Å². The molecule has 7 rings (SSSR count). The molecule has 0 radical (unpaired) electrons. The predicted molar refractivity (Wildman–Crippen MR) is 146 cm³/mol. The molecule has 1 N–H and O–H groups in total. The van der Waals surface area contributed by atoms with Crippen LogP contribution in [-0.4, -0.2) is 40.6 Å².